The Balaban J connectivity index is 1.86. The molecule has 4 heteroatoms. The van der Waals surface area contributed by atoms with E-state index in [4.69, 9.17) is 10.5 Å². The highest BCUT2D eigenvalue weighted by molar-refractivity contribution is 5.55. The van der Waals surface area contributed by atoms with Crippen molar-refractivity contribution >= 4 is 11.4 Å². The lowest BCUT2D eigenvalue weighted by Crippen LogP contribution is -2.51. The molecule has 1 saturated heterocycles. The Bertz CT molecular complexity index is 442. The van der Waals surface area contributed by atoms with Gasteiger partial charge in [-0.1, -0.05) is 20.3 Å². The largest absolute Gasteiger partial charge is 0.385 e. The minimum atomic E-state index is 0.0260. The molecule has 130 valence electrons. The number of morpholine rings is 1. The average molecular weight is 319 g/mol. The van der Waals surface area contributed by atoms with Crippen molar-refractivity contribution in [1.29, 1.82) is 0 Å². The van der Waals surface area contributed by atoms with Gasteiger partial charge in [-0.25, -0.2) is 0 Å². The van der Waals surface area contributed by atoms with E-state index < -0.39 is 0 Å². The number of hydrogen-bond acceptors (Lipinski definition) is 4. The van der Waals surface area contributed by atoms with E-state index in [9.17, 15) is 0 Å². The maximum absolute atomic E-state index is 6.06. The molecule has 0 bridgehead atoms. The highest BCUT2D eigenvalue weighted by atomic mass is 16.5. The summed E-state index contributed by atoms with van der Waals surface area (Å²) in [5.74, 6) is 0. The van der Waals surface area contributed by atoms with E-state index >= 15 is 0 Å². The van der Waals surface area contributed by atoms with Crippen molar-refractivity contribution < 1.29 is 4.74 Å². The van der Waals surface area contributed by atoms with Crippen molar-refractivity contribution in [3.63, 3.8) is 0 Å². The quantitative estimate of drug-likeness (QED) is 0.683. The lowest BCUT2D eigenvalue weighted by Gasteiger charge is -2.43. The number of unbranched alkanes of at least 4 members (excludes halogenated alkanes) is 2. The maximum Gasteiger partial charge on any atom is 0.0852 e. The Morgan fingerprint density at radius 2 is 1.87 bits per heavy atom. The number of anilines is 2. The maximum atomic E-state index is 6.06. The van der Waals surface area contributed by atoms with E-state index in [-0.39, 0.29) is 5.60 Å². The Morgan fingerprint density at radius 3 is 2.52 bits per heavy atom. The van der Waals surface area contributed by atoms with Crippen LogP contribution in [0.1, 0.15) is 46.0 Å². The Morgan fingerprint density at radius 1 is 1.13 bits per heavy atom. The van der Waals surface area contributed by atoms with E-state index in [2.05, 4.69) is 48.3 Å². The first-order valence-corrected chi connectivity index (χ1v) is 9.16. The molecule has 0 radical (unpaired) electrons. The summed E-state index contributed by atoms with van der Waals surface area (Å²) in [6.45, 7) is 9.06. The number of nitrogens with one attached hydrogen (secondary N) is 1. The van der Waals surface area contributed by atoms with Crippen LogP contribution in [0.4, 0.5) is 11.4 Å². The number of nitrogens with two attached hydrogens (primary N) is 1. The van der Waals surface area contributed by atoms with Crippen LogP contribution in [0.15, 0.2) is 24.3 Å². The summed E-state index contributed by atoms with van der Waals surface area (Å²) in [5, 5.41) is 3.49. The van der Waals surface area contributed by atoms with Gasteiger partial charge in [-0.2, -0.15) is 0 Å². The first-order chi connectivity index (χ1) is 11.2. The third-order valence-corrected chi connectivity index (χ3v) is 4.98. The molecule has 3 N–H and O–H groups in total. The van der Waals surface area contributed by atoms with Crippen LogP contribution in [0.2, 0.25) is 0 Å². The second-order valence-electron chi connectivity index (χ2n) is 6.48. The number of rotatable bonds is 9. The van der Waals surface area contributed by atoms with Crippen molar-refractivity contribution in [1.82, 2.24) is 0 Å². The Kier molecular flexibility index (Phi) is 7.18. The second-order valence-corrected chi connectivity index (χ2v) is 6.48. The first kappa shape index (κ1) is 18.1. The van der Waals surface area contributed by atoms with Crippen molar-refractivity contribution in [2.75, 3.05) is 43.0 Å². The SMILES string of the molecule is CCC1(CC)CN(c2ccc(NCCCCCN)cc2)CCO1. The molecule has 0 unspecified atom stereocenters. The molecule has 0 aromatic heterocycles. The van der Waals surface area contributed by atoms with Crippen LogP contribution in [0.25, 0.3) is 0 Å². The molecule has 1 aromatic rings. The van der Waals surface area contributed by atoms with Crippen LogP contribution < -0.4 is 16.0 Å². The smallest absolute Gasteiger partial charge is 0.0852 e. The molecule has 0 aliphatic carbocycles. The molecule has 1 aromatic carbocycles. The molecule has 0 spiro atoms. The van der Waals surface area contributed by atoms with Crippen LogP contribution in [0.5, 0.6) is 0 Å². The lowest BCUT2D eigenvalue weighted by molar-refractivity contribution is -0.0604. The van der Waals surface area contributed by atoms with Gasteiger partial charge in [0.05, 0.1) is 12.2 Å². The third kappa shape index (κ3) is 5.11. The molecular weight excluding hydrogens is 286 g/mol. The van der Waals surface area contributed by atoms with Crippen LogP contribution in [-0.4, -0.2) is 38.4 Å². The first-order valence-electron chi connectivity index (χ1n) is 9.16. The average Bonchev–Trinajstić information content (AvgIpc) is 2.62. The van der Waals surface area contributed by atoms with Gasteiger partial charge < -0.3 is 20.7 Å². The lowest BCUT2D eigenvalue weighted by atomic mass is 9.94. The number of hydrogen-bond donors (Lipinski definition) is 2. The molecule has 0 atom stereocenters. The van der Waals surface area contributed by atoms with Crippen LogP contribution in [0, 0.1) is 0 Å². The molecule has 2 rings (SSSR count). The van der Waals surface area contributed by atoms with Gasteiger partial charge in [-0.3, -0.25) is 0 Å². The van der Waals surface area contributed by atoms with Gasteiger partial charge in [0.15, 0.2) is 0 Å². The second kappa shape index (κ2) is 9.14. The molecule has 0 amide bonds. The van der Waals surface area contributed by atoms with Crippen LogP contribution in [-0.2, 0) is 4.74 Å². The summed E-state index contributed by atoms with van der Waals surface area (Å²) in [6.07, 6.45) is 5.64. The summed E-state index contributed by atoms with van der Waals surface area (Å²) in [6, 6.07) is 8.83. The molecule has 4 nitrogen and oxygen atoms in total. The molecule has 23 heavy (non-hydrogen) atoms. The topological polar surface area (TPSA) is 50.5 Å². The van der Waals surface area contributed by atoms with Crippen LogP contribution in [0.3, 0.4) is 0 Å². The van der Waals surface area contributed by atoms with E-state index in [1.165, 1.54) is 24.2 Å². The van der Waals surface area contributed by atoms with E-state index in [1.54, 1.807) is 0 Å². The monoisotopic (exact) mass is 319 g/mol. The number of benzene rings is 1. The zero-order valence-corrected chi connectivity index (χ0v) is 14.8. The zero-order chi connectivity index (χ0) is 16.5. The number of nitrogens with zero attached hydrogens (tertiary/aromatic N) is 1. The molecule has 1 fully saturated rings. The van der Waals surface area contributed by atoms with Crippen molar-refractivity contribution in [2.24, 2.45) is 5.73 Å². The summed E-state index contributed by atoms with van der Waals surface area (Å²) >= 11 is 0. The normalized spacial score (nSPS) is 17.3. The summed E-state index contributed by atoms with van der Waals surface area (Å²) in [7, 11) is 0. The van der Waals surface area contributed by atoms with Crippen molar-refractivity contribution in [3.05, 3.63) is 24.3 Å². The van der Waals surface area contributed by atoms with Gasteiger partial charge in [0.1, 0.15) is 0 Å². The third-order valence-electron chi connectivity index (χ3n) is 4.98. The van der Waals surface area contributed by atoms with Gasteiger partial charge in [0.25, 0.3) is 0 Å². The van der Waals surface area contributed by atoms with E-state index in [1.807, 2.05) is 0 Å². The summed E-state index contributed by atoms with van der Waals surface area (Å²) < 4.78 is 6.06. The molecule has 1 aliphatic rings. The molecule has 0 saturated carbocycles. The van der Waals surface area contributed by atoms with Crippen molar-refractivity contribution in [2.45, 2.75) is 51.6 Å². The minimum Gasteiger partial charge on any atom is -0.385 e. The molecule has 1 heterocycles. The predicted octanol–water partition coefficient (Wildman–Crippen LogP) is 3.62. The van der Waals surface area contributed by atoms with Gasteiger partial charge in [0.2, 0.25) is 0 Å². The zero-order valence-electron chi connectivity index (χ0n) is 14.8. The van der Waals surface area contributed by atoms with E-state index in [0.717, 1.165) is 52.0 Å². The van der Waals surface area contributed by atoms with Gasteiger partial charge in [-0.15, -0.1) is 0 Å². The summed E-state index contributed by atoms with van der Waals surface area (Å²) in [4.78, 5) is 2.46. The predicted molar refractivity (Wildman–Crippen MR) is 99.3 cm³/mol. The fourth-order valence-corrected chi connectivity index (χ4v) is 3.21. The Hall–Kier alpha value is -1.26. The Labute approximate surface area is 141 Å². The standard InChI is InChI=1S/C19H33N3O/c1-3-19(4-2)16-22(14-15-23-19)18-10-8-17(9-11-18)21-13-7-5-6-12-20/h8-11,21H,3-7,12-16,20H2,1-2H3. The van der Waals surface area contributed by atoms with Gasteiger partial charge in [0, 0.05) is 31.0 Å². The molecular formula is C19H33N3O. The molecule has 1 aliphatic heterocycles. The summed E-state index contributed by atoms with van der Waals surface area (Å²) in [5.41, 5.74) is 8.04. The number of ether oxygens (including phenoxy) is 1. The highest BCUT2D eigenvalue weighted by Crippen LogP contribution is 2.29. The van der Waals surface area contributed by atoms with Crippen molar-refractivity contribution in [3.8, 4) is 0 Å². The van der Waals surface area contributed by atoms with Crippen LogP contribution >= 0.6 is 0 Å². The van der Waals surface area contributed by atoms with Gasteiger partial charge >= 0.3 is 0 Å². The minimum absolute atomic E-state index is 0.0260. The fourth-order valence-electron chi connectivity index (χ4n) is 3.21. The fraction of sp³-hybridized carbons (Fsp3) is 0.684. The highest BCUT2D eigenvalue weighted by Gasteiger charge is 2.33. The van der Waals surface area contributed by atoms with E-state index in [0.29, 0.717) is 0 Å². The van der Waals surface area contributed by atoms with Gasteiger partial charge in [-0.05, 0) is 56.5 Å².